The van der Waals surface area contributed by atoms with Gasteiger partial charge >= 0.3 is 0 Å². The van der Waals surface area contributed by atoms with Crippen molar-refractivity contribution in [2.75, 3.05) is 13.7 Å². The van der Waals surface area contributed by atoms with Gasteiger partial charge in [-0.15, -0.1) is 0 Å². The maximum atomic E-state index is 12.6. The van der Waals surface area contributed by atoms with Crippen molar-refractivity contribution in [2.45, 2.75) is 26.8 Å². The Balaban J connectivity index is 2.08. The maximum absolute atomic E-state index is 12.6. The fraction of sp³-hybridized carbons (Fsp3) is 0.318. The van der Waals surface area contributed by atoms with Crippen molar-refractivity contribution in [3.05, 3.63) is 58.1 Å². The van der Waals surface area contributed by atoms with Gasteiger partial charge in [0.2, 0.25) is 0 Å². The molecule has 0 aliphatic rings. The fourth-order valence-electron chi connectivity index (χ4n) is 2.71. The van der Waals surface area contributed by atoms with Gasteiger partial charge in [0.15, 0.2) is 11.5 Å². The number of ether oxygens (including phenoxy) is 2. The molecule has 0 saturated carbocycles. The summed E-state index contributed by atoms with van der Waals surface area (Å²) in [5.74, 6) is 0.323. The van der Waals surface area contributed by atoms with E-state index in [1.807, 2.05) is 26.8 Å². The summed E-state index contributed by atoms with van der Waals surface area (Å²) in [6.07, 6.45) is 1.50. The Bertz CT molecular complexity index is 901. The molecule has 2 aromatic rings. The molecule has 2 N–H and O–H groups in total. The molecule has 2 rings (SSSR count). The molecule has 0 saturated heterocycles. The summed E-state index contributed by atoms with van der Waals surface area (Å²) in [5, 5.41) is 6.79. The molecule has 1 unspecified atom stereocenters. The second kappa shape index (κ2) is 11.3. The van der Waals surface area contributed by atoms with E-state index in [-0.39, 0.29) is 11.8 Å². The number of hydrogen-bond acceptors (Lipinski definition) is 5. The number of rotatable bonds is 9. The van der Waals surface area contributed by atoms with Crippen LogP contribution in [0.25, 0.3) is 0 Å². The molecule has 8 heteroatoms. The Morgan fingerprint density at radius 2 is 1.90 bits per heavy atom. The van der Waals surface area contributed by atoms with Crippen LogP contribution in [-0.4, -0.2) is 37.8 Å². The molecule has 0 fully saturated rings. The lowest BCUT2D eigenvalue weighted by Crippen LogP contribution is -2.48. The molecule has 2 aromatic carbocycles. The van der Waals surface area contributed by atoms with Gasteiger partial charge in [-0.3, -0.25) is 9.59 Å². The summed E-state index contributed by atoms with van der Waals surface area (Å²) >= 11 is 3.44. The average molecular weight is 476 g/mol. The molecular weight excluding hydrogens is 450 g/mol. The van der Waals surface area contributed by atoms with Crippen molar-refractivity contribution in [1.82, 2.24) is 10.7 Å². The number of halogens is 1. The zero-order chi connectivity index (χ0) is 22.1. The predicted octanol–water partition coefficient (Wildman–Crippen LogP) is 3.76. The zero-order valence-electron chi connectivity index (χ0n) is 17.4. The number of benzene rings is 2. The van der Waals surface area contributed by atoms with Crippen LogP contribution < -0.4 is 20.2 Å². The molecule has 0 aliphatic carbocycles. The summed E-state index contributed by atoms with van der Waals surface area (Å²) < 4.78 is 11.6. The average Bonchev–Trinajstić information content (AvgIpc) is 2.72. The molecule has 30 heavy (non-hydrogen) atoms. The molecule has 160 valence electrons. The monoisotopic (exact) mass is 475 g/mol. The topological polar surface area (TPSA) is 89.0 Å². The second-order valence-electron chi connectivity index (χ2n) is 6.76. The first-order valence-corrected chi connectivity index (χ1v) is 10.4. The summed E-state index contributed by atoms with van der Waals surface area (Å²) in [5.41, 5.74) is 3.70. The third kappa shape index (κ3) is 6.32. The number of nitrogens with zero attached hydrogens (tertiary/aromatic N) is 1. The van der Waals surface area contributed by atoms with Gasteiger partial charge in [0.1, 0.15) is 6.04 Å². The van der Waals surface area contributed by atoms with Gasteiger partial charge in [-0.05, 0) is 58.6 Å². The summed E-state index contributed by atoms with van der Waals surface area (Å²) in [7, 11) is 1.56. The molecular formula is C22H26BrN3O4. The summed E-state index contributed by atoms with van der Waals surface area (Å²) in [6.45, 7) is 6.07. The number of hydrogen-bond donors (Lipinski definition) is 2. The van der Waals surface area contributed by atoms with Crippen molar-refractivity contribution in [3.63, 3.8) is 0 Å². The minimum atomic E-state index is -0.726. The van der Waals surface area contributed by atoms with Crippen LogP contribution in [0.5, 0.6) is 11.5 Å². The molecule has 0 aromatic heterocycles. The highest BCUT2D eigenvalue weighted by molar-refractivity contribution is 9.10. The number of amides is 2. The van der Waals surface area contributed by atoms with Crippen molar-refractivity contribution >= 4 is 34.0 Å². The first kappa shape index (κ1) is 23.4. The Morgan fingerprint density at radius 3 is 2.50 bits per heavy atom. The second-order valence-corrected chi connectivity index (χ2v) is 7.62. The minimum Gasteiger partial charge on any atom is -0.492 e. The third-order valence-corrected chi connectivity index (χ3v) is 4.78. The van der Waals surface area contributed by atoms with Crippen LogP contribution in [0.15, 0.2) is 52.0 Å². The van der Waals surface area contributed by atoms with Crippen LogP contribution in [-0.2, 0) is 4.79 Å². The molecule has 0 heterocycles. The van der Waals surface area contributed by atoms with E-state index < -0.39 is 11.9 Å². The largest absolute Gasteiger partial charge is 0.492 e. The van der Waals surface area contributed by atoms with Crippen LogP contribution in [0.2, 0.25) is 0 Å². The number of carbonyl (C=O) groups excluding carboxylic acids is 2. The first-order valence-electron chi connectivity index (χ1n) is 9.56. The quantitative estimate of drug-likeness (QED) is 0.426. The van der Waals surface area contributed by atoms with Gasteiger partial charge in [0.05, 0.1) is 24.4 Å². The van der Waals surface area contributed by atoms with Gasteiger partial charge in [0, 0.05) is 5.56 Å². The van der Waals surface area contributed by atoms with Gasteiger partial charge in [-0.2, -0.15) is 5.10 Å². The number of nitrogens with one attached hydrogen (secondary N) is 2. The smallest absolute Gasteiger partial charge is 0.262 e. The van der Waals surface area contributed by atoms with E-state index in [4.69, 9.17) is 9.47 Å². The maximum Gasteiger partial charge on any atom is 0.262 e. The molecule has 0 radical (unpaired) electrons. The van der Waals surface area contributed by atoms with Gasteiger partial charge in [0.25, 0.3) is 11.8 Å². The van der Waals surface area contributed by atoms with Crippen LogP contribution >= 0.6 is 15.9 Å². The standard InChI is InChI=1S/C22H26BrN3O4/c1-5-30-18-12-15(11-17(23)20(18)29-4)13-24-26-22(28)19(14(2)3)25-21(27)16-9-7-6-8-10-16/h6-14,19H,5H2,1-4H3,(H,25,27)(H,26,28). The van der Waals surface area contributed by atoms with E-state index in [2.05, 4.69) is 31.8 Å². The van der Waals surface area contributed by atoms with Crippen LogP contribution in [0, 0.1) is 5.92 Å². The summed E-state index contributed by atoms with van der Waals surface area (Å²) in [6, 6.07) is 11.6. The van der Waals surface area contributed by atoms with Gasteiger partial charge < -0.3 is 14.8 Å². The summed E-state index contributed by atoms with van der Waals surface area (Å²) in [4.78, 5) is 25.0. The van der Waals surface area contributed by atoms with Crippen molar-refractivity contribution in [3.8, 4) is 11.5 Å². The normalized spacial score (nSPS) is 11.9. The first-order chi connectivity index (χ1) is 14.4. The molecule has 7 nitrogen and oxygen atoms in total. The molecule has 1 atom stereocenters. The van der Waals surface area contributed by atoms with Gasteiger partial charge in [-0.1, -0.05) is 32.0 Å². The third-order valence-electron chi connectivity index (χ3n) is 4.20. The lowest BCUT2D eigenvalue weighted by Gasteiger charge is -2.20. The van der Waals surface area contributed by atoms with Gasteiger partial charge in [-0.25, -0.2) is 5.43 Å². The highest BCUT2D eigenvalue weighted by atomic mass is 79.9. The Morgan fingerprint density at radius 1 is 1.20 bits per heavy atom. The lowest BCUT2D eigenvalue weighted by molar-refractivity contribution is -0.123. The Hall–Kier alpha value is -2.87. The SMILES string of the molecule is CCOc1cc(C=NNC(=O)C(NC(=O)c2ccccc2)C(C)C)cc(Br)c1OC. The number of hydrazone groups is 1. The van der Waals surface area contributed by atoms with E-state index in [0.717, 1.165) is 0 Å². The fourth-order valence-corrected chi connectivity index (χ4v) is 3.33. The highest BCUT2D eigenvalue weighted by Gasteiger charge is 2.24. The Labute approximate surface area is 185 Å². The van der Waals surface area contributed by atoms with Crippen LogP contribution in [0.3, 0.4) is 0 Å². The molecule has 0 spiro atoms. The van der Waals surface area contributed by atoms with Crippen molar-refractivity contribution < 1.29 is 19.1 Å². The van der Waals surface area contributed by atoms with E-state index in [9.17, 15) is 9.59 Å². The predicted molar refractivity (Wildman–Crippen MR) is 120 cm³/mol. The van der Waals surface area contributed by atoms with E-state index in [0.29, 0.717) is 33.7 Å². The van der Waals surface area contributed by atoms with E-state index in [1.54, 1.807) is 43.5 Å². The van der Waals surface area contributed by atoms with Crippen molar-refractivity contribution in [2.24, 2.45) is 11.0 Å². The zero-order valence-corrected chi connectivity index (χ0v) is 19.0. The van der Waals surface area contributed by atoms with Crippen LogP contribution in [0.4, 0.5) is 0 Å². The minimum absolute atomic E-state index is 0.118. The van der Waals surface area contributed by atoms with E-state index in [1.165, 1.54) is 6.21 Å². The molecule has 0 bridgehead atoms. The lowest BCUT2D eigenvalue weighted by atomic mass is 10.0. The highest BCUT2D eigenvalue weighted by Crippen LogP contribution is 2.36. The number of carbonyl (C=O) groups is 2. The van der Waals surface area contributed by atoms with Crippen molar-refractivity contribution in [1.29, 1.82) is 0 Å². The molecule has 2 amide bonds. The number of methoxy groups -OCH3 is 1. The van der Waals surface area contributed by atoms with Crippen LogP contribution in [0.1, 0.15) is 36.7 Å². The Kier molecular flexibility index (Phi) is 8.86. The van der Waals surface area contributed by atoms with E-state index >= 15 is 0 Å². The molecule has 0 aliphatic heterocycles.